The van der Waals surface area contributed by atoms with Crippen LogP contribution in [0.5, 0.6) is 0 Å². The summed E-state index contributed by atoms with van der Waals surface area (Å²) in [4.78, 5) is -1.11. The summed E-state index contributed by atoms with van der Waals surface area (Å²) in [6.07, 6.45) is 0. The van der Waals surface area contributed by atoms with Crippen LogP contribution in [0.15, 0.2) is 23.1 Å². The van der Waals surface area contributed by atoms with Gasteiger partial charge in [-0.15, -0.1) is 0 Å². The molecule has 0 bridgehead atoms. The van der Waals surface area contributed by atoms with Gasteiger partial charge in [-0.3, -0.25) is 0 Å². The van der Waals surface area contributed by atoms with E-state index >= 15 is 0 Å². The lowest BCUT2D eigenvalue weighted by atomic mass is 10.3. The molecule has 1 aromatic rings. The van der Waals surface area contributed by atoms with E-state index in [1.54, 1.807) is 0 Å². The molecular formula is C12H16F4N2O2S. The second-order valence-corrected chi connectivity index (χ2v) is 6.53. The normalized spacial score (nSPS) is 12.7. The highest BCUT2D eigenvalue weighted by Crippen LogP contribution is 2.34. The fourth-order valence-corrected chi connectivity index (χ4v) is 2.49. The quantitative estimate of drug-likeness (QED) is 0.622. The fraction of sp³-hybridized carbons (Fsp3) is 0.500. The Balaban J connectivity index is 3.01. The third kappa shape index (κ3) is 4.57. The topological polar surface area (TPSA) is 58.2 Å². The first-order valence-electron chi connectivity index (χ1n) is 6.14. The van der Waals surface area contributed by atoms with E-state index in [9.17, 15) is 26.0 Å². The number of halogens is 4. The van der Waals surface area contributed by atoms with Gasteiger partial charge in [-0.05, 0) is 18.2 Å². The van der Waals surface area contributed by atoms with Crippen LogP contribution in [0.25, 0.3) is 0 Å². The van der Waals surface area contributed by atoms with Gasteiger partial charge in [0.15, 0.2) is 0 Å². The minimum absolute atomic E-state index is 0.179. The van der Waals surface area contributed by atoms with Crippen LogP contribution < -0.4 is 10.6 Å². The van der Waals surface area contributed by atoms with Crippen LogP contribution in [0.3, 0.4) is 0 Å². The van der Waals surface area contributed by atoms with Gasteiger partial charge in [0.1, 0.15) is 10.7 Å². The molecule has 0 heterocycles. The van der Waals surface area contributed by atoms with Crippen molar-refractivity contribution in [2.75, 3.05) is 18.4 Å². The molecule has 0 amide bonds. The highest BCUT2D eigenvalue weighted by Gasteiger charge is 2.48. The average molecular weight is 328 g/mol. The fourth-order valence-electron chi connectivity index (χ4n) is 1.55. The molecule has 4 nitrogen and oxygen atoms in total. The molecule has 0 spiro atoms. The lowest BCUT2D eigenvalue weighted by molar-refractivity contribution is -0.0435. The molecule has 0 aliphatic heterocycles. The molecule has 0 fully saturated rings. The summed E-state index contributed by atoms with van der Waals surface area (Å²) in [5, 5.41) is 5.57. The summed E-state index contributed by atoms with van der Waals surface area (Å²) in [5.41, 5.74) is -5.76. The van der Waals surface area contributed by atoms with Gasteiger partial charge in [0.25, 0.3) is 9.84 Å². The Kier molecular flexibility index (Phi) is 5.57. The Morgan fingerprint density at radius 3 is 2.33 bits per heavy atom. The summed E-state index contributed by atoms with van der Waals surface area (Å²) >= 11 is 0. The minimum atomic E-state index is -5.61. The first-order valence-corrected chi connectivity index (χ1v) is 7.62. The molecule has 9 heteroatoms. The highest BCUT2D eigenvalue weighted by molar-refractivity contribution is 7.92. The van der Waals surface area contributed by atoms with Gasteiger partial charge in [-0.2, -0.15) is 13.2 Å². The average Bonchev–Trinajstić information content (AvgIpc) is 2.34. The molecule has 0 aliphatic carbocycles. The van der Waals surface area contributed by atoms with Gasteiger partial charge in [-0.25, -0.2) is 12.8 Å². The van der Waals surface area contributed by atoms with Gasteiger partial charge in [0.05, 0.1) is 5.69 Å². The van der Waals surface area contributed by atoms with Crippen molar-refractivity contribution in [1.82, 2.24) is 5.32 Å². The molecule has 0 atom stereocenters. The minimum Gasteiger partial charge on any atom is -0.383 e. The number of alkyl halides is 3. The van der Waals surface area contributed by atoms with E-state index in [-0.39, 0.29) is 18.3 Å². The summed E-state index contributed by atoms with van der Waals surface area (Å²) in [5.74, 6) is -1.05. The third-order valence-corrected chi connectivity index (χ3v) is 4.06. The van der Waals surface area contributed by atoms with Crippen molar-refractivity contribution < 1.29 is 26.0 Å². The van der Waals surface area contributed by atoms with E-state index in [0.29, 0.717) is 12.6 Å². The molecule has 0 aliphatic rings. The number of hydrogen-bond acceptors (Lipinski definition) is 4. The maximum absolute atomic E-state index is 13.1. The van der Waals surface area contributed by atoms with Crippen LogP contribution in [0.4, 0.5) is 23.2 Å². The zero-order chi connectivity index (χ0) is 16.3. The Bertz CT molecular complexity index is 585. The van der Waals surface area contributed by atoms with Crippen molar-refractivity contribution >= 4 is 15.5 Å². The highest BCUT2D eigenvalue weighted by atomic mass is 32.2. The Morgan fingerprint density at radius 2 is 1.81 bits per heavy atom. The summed E-state index contributed by atoms with van der Waals surface area (Å²) in [6, 6.07) is 2.41. The van der Waals surface area contributed by atoms with Crippen molar-refractivity contribution in [2.45, 2.75) is 30.3 Å². The lowest BCUT2D eigenvalue weighted by Crippen LogP contribution is -2.29. The number of benzene rings is 1. The van der Waals surface area contributed by atoms with Crippen molar-refractivity contribution in [3.63, 3.8) is 0 Å². The number of nitrogens with one attached hydrogen (secondary N) is 2. The molecule has 0 radical (unpaired) electrons. The summed E-state index contributed by atoms with van der Waals surface area (Å²) in [7, 11) is -5.61. The van der Waals surface area contributed by atoms with Crippen molar-refractivity contribution in [3.8, 4) is 0 Å². The number of hydrogen-bond donors (Lipinski definition) is 2. The lowest BCUT2D eigenvalue weighted by Gasteiger charge is -2.15. The van der Waals surface area contributed by atoms with Gasteiger partial charge in [-0.1, -0.05) is 13.8 Å². The van der Waals surface area contributed by atoms with Gasteiger partial charge in [0.2, 0.25) is 0 Å². The molecule has 0 saturated carbocycles. The molecule has 1 rings (SSSR count). The van der Waals surface area contributed by atoms with Crippen molar-refractivity contribution in [3.05, 3.63) is 24.0 Å². The molecule has 2 N–H and O–H groups in total. The van der Waals surface area contributed by atoms with Crippen LogP contribution in [0, 0.1) is 5.82 Å². The van der Waals surface area contributed by atoms with Crippen LogP contribution >= 0.6 is 0 Å². The van der Waals surface area contributed by atoms with Crippen LogP contribution in [-0.4, -0.2) is 33.1 Å². The van der Waals surface area contributed by atoms with E-state index < -0.39 is 26.1 Å². The standard InChI is InChI=1S/C12H16F4N2O2S/c1-8(2)17-5-6-18-10-4-3-9(13)7-11(10)21(19,20)12(14,15)16/h3-4,7-8,17-18H,5-6H2,1-2H3. The van der Waals surface area contributed by atoms with Gasteiger partial charge >= 0.3 is 5.51 Å². The Morgan fingerprint density at radius 1 is 1.19 bits per heavy atom. The van der Waals surface area contributed by atoms with E-state index in [4.69, 9.17) is 0 Å². The smallest absolute Gasteiger partial charge is 0.383 e. The molecule has 1 aromatic carbocycles. The van der Waals surface area contributed by atoms with Crippen molar-refractivity contribution in [1.29, 1.82) is 0 Å². The number of rotatable bonds is 6. The zero-order valence-electron chi connectivity index (χ0n) is 11.5. The number of sulfone groups is 1. The first kappa shape index (κ1) is 17.7. The van der Waals surface area contributed by atoms with E-state index in [1.165, 1.54) is 0 Å². The van der Waals surface area contributed by atoms with E-state index in [1.807, 2.05) is 13.8 Å². The summed E-state index contributed by atoms with van der Waals surface area (Å²) in [6.45, 7) is 4.39. The Labute approximate surface area is 120 Å². The predicted molar refractivity (Wildman–Crippen MR) is 71.3 cm³/mol. The van der Waals surface area contributed by atoms with E-state index in [0.717, 1.165) is 12.1 Å². The summed E-state index contributed by atoms with van der Waals surface area (Å²) < 4.78 is 73.7. The first-order chi connectivity index (χ1) is 9.55. The SMILES string of the molecule is CC(C)NCCNc1ccc(F)cc1S(=O)(=O)C(F)(F)F. The zero-order valence-corrected chi connectivity index (χ0v) is 12.3. The molecule has 0 unspecified atom stereocenters. The van der Waals surface area contributed by atoms with Crippen molar-refractivity contribution in [2.24, 2.45) is 0 Å². The second kappa shape index (κ2) is 6.61. The molecular weight excluding hydrogens is 312 g/mol. The van der Waals surface area contributed by atoms with Crippen LogP contribution in [-0.2, 0) is 9.84 Å². The second-order valence-electron chi connectivity index (χ2n) is 4.63. The van der Waals surface area contributed by atoms with Gasteiger partial charge < -0.3 is 10.6 Å². The van der Waals surface area contributed by atoms with Crippen LogP contribution in [0.1, 0.15) is 13.8 Å². The molecule has 0 saturated heterocycles. The monoisotopic (exact) mass is 328 g/mol. The maximum Gasteiger partial charge on any atom is 0.501 e. The molecule has 21 heavy (non-hydrogen) atoms. The molecule has 0 aromatic heterocycles. The third-order valence-electron chi connectivity index (χ3n) is 2.53. The molecule has 120 valence electrons. The number of anilines is 1. The van der Waals surface area contributed by atoms with Crippen LogP contribution in [0.2, 0.25) is 0 Å². The largest absolute Gasteiger partial charge is 0.501 e. The van der Waals surface area contributed by atoms with E-state index in [2.05, 4.69) is 10.6 Å². The van der Waals surface area contributed by atoms with Gasteiger partial charge in [0, 0.05) is 19.1 Å². The maximum atomic E-state index is 13.1. The Hall–Kier alpha value is -1.35. The predicted octanol–water partition coefficient (Wildman–Crippen LogP) is 2.53.